The summed E-state index contributed by atoms with van der Waals surface area (Å²) in [5, 5.41) is 11.1. The standard InChI is InChI=1S/C13H18N6O/c1-2-12(18-17-3-1)16-8-11-9-19(6-7-20-11)10-13-14-4-5-15-13/h1-5,11H,6-10H2,(H,14,15)(H,16,18). The van der Waals surface area contributed by atoms with Crippen LogP contribution in [0, 0.1) is 0 Å². The van der Waals surface area contributed by atoms with Crippen LogP contribution in [-0.4, -0.2) is 57.4 Å². The van der Waals surface area contributed by atoms with Gasteiger partial charge in [-0.05, 0) is 12.1 Å². The third kappa shape index (κ3) is 3.52. The summed E-state index contributed by atoms with van der Waals surface area (Å²) in [6.45, 7) is 4.12. The Hall–Kier alpha value is -1.99. The molecule has 0 amide bonds. The fraction of sp³-hybridized carbons (Fsp3) is 0.462. The van der Waals surface area contributed by atoms with Crippen LogP contribution in [0.4, 0.5) is 5.82 Å². The Bertz CT molecular complexity index is 503. The van der Waals surface area contributed by atoms with Crippen LogP contribution < -0.4 is 5.32 Å². The molecule has 1 unspecified atom stereocenters. The second-order valence-electron chi connectivity index (χ2n) is 4.75. The summed E-state index contributed by atoms with van der Waals surface area (Å²) in [4.78, 5) is 9.73. The van der Waals surface area contributed by atoms with Crippen molar-refractivity contribution in [1.29, 1.82) is 0 Å². The zero-order chi connectivity index (χ0) is 13.6. The molecule has 1 atom stereocenters. The molecule has 20 heavy (non-hydrogen) atoms. The molecule has 0 aromatic carbocycles. The second-order valence-corrected chi connectivity index (χ2v) is 4.75. The van der Waals surface area contributed by atoms with Gasteiger partial charge in [0.2, 0.25) is 0 Å². The smallest absolute Gasteiger partial charge is 0.148 e. The van der Waals surface area contributed by atoms with Crippen LogP contribution in [0.1, 0.15) is 5.82 Å². The van der Waals surface area contributed by atoms with Crippen LogP contribution in [0.15, 0.2) is 30.7 Å². The van der Waals surface area contributed by atoms with Crippen molar-refractivity contribution < 1.29 is 4.74 Å². The molecule has 0 spiro atoms. The highest BCUT2D eigenvalue weighted by atomic mass is 16.5. The Morgan fingerprint density at radius 3 is 3.25 bits per heavy atom. The summed E-state index contributed by atoms with van der Waals surface area (Å²) >= 11 is 0. The van der Waals surface area contributed by atoms with Crippen molar-refractivity contribution in [1.82, 2.24) is 25.1 Å². The van der Waals surface area contributed by atoms with Crippen molar-refractivity contribution in [2.24, 2.45) is 0 Å². The molecular weight excluding hydrogens is 256 g/mol. The molecule has 2 N–H and O–H groups in total. The minimum Gasteiger partial charge on any atom is -0.374 e. The van der Waals surface area contributed by atoms with E-state index in [0.717, 1.165) is 44.4 Å². The van der Waals surface area contributed by atoms with Crippen molar-refractivity contribution in [3.8, 4) is 0 Å². The number of anilines is 1. The Morgan fingerprint density at radius 2 is 2.45 bits per heavy atom. The first kappa shape index (κ1) is 13.0. The molecule has 3 heterocycles. The van der Waals surface area contributed by atoms with Crippen LogP contribution in [0.3, 0.4) is 0 Å². The molecule has 0 saturated carbocycles. The maximum Gasteiger partial charge on any atom is 0.148 e. The van der Waals surface area contributed by atoms with Gasteiger partial charge in [-0.25, -0.2) is 4.98 Å². The number of ether oxygens (including phenoxy) is 1. The summed E-state index contributed by atoms with van der Waals surface area (Å²) in [6.07, 6.45) is 5.44. The molecule has 1 fully saturated rings. The van der Waals surface area contributed by atoms with Gasteiger partial charge in [-0.2, -0.15) is 5.10 Å². The number of aromatic nitrogens is 4. The molecule has 2 aromatic rings. The lowest BCUT2D eigenvalue weighted by molar-refractivity contribution is -0.0247. The molecule has 106 valence electrons. The zero-order valence-corrected chi connectivity index (χ0v) is 11.2. The van der Waals surface area contributed by atoms with Gasteiger partial charge in [0.1, 0.15) is 11.6 Å². The van der Waals surface area contributed by atoms with Gasteiger partial charge in [-0.3, -0.25) is 4.90 Å². The van der Waals surface area contributed by atoms with Gasteiger partial charge in [0.25, 0.3) is 0 Å². The van der Waals surface area contributed by atoms with E-state index in [1.165, 1.54) is 0 Å². The molecule has 3 rings (SSSR count). The Morgan fingerprint density at radius 1 is 1.45 bits per heavy atom. The molecule has 7 heteroatoms. The van der Waals surface area contributed by atoms with Gasteiger partial charge < -0.3 is 15.0 Å². The fourth-order valence-corrected chi connectivity index (χ4v) is 2.26. The van der Waals surface area contributed by atoms with Crippen LogP contribution in [0.25, 0.3) is 0 Å². The average Bonchev–Trinajstić information content (AvgIpc) is 3.00. The van der Waals surface area contributed by atoms with Crippen LogP contribution in [0.2, 0.25) is 0 Å². The summed E-state index contributed by atoms with van der Waals surface area (Å²) in [5.74, 6) is 1.77. The van der Waals surface area contributed by atoms with Crippen LogP contribution >= 0.6 is 0 Å². The molecule has 0 bridgehead atoms. The summed E-state index contributed by atoms with van der Waals surface area (Å²) in [6, 6.07) is 3.76. The molecule has 2 aromatic heterocycles. The van der Waals surface area contributed by atoms with Gasteiger partial charge in [0.15, 0.2) is 0 Å². The first-order valence-corrected chi connectivity index (χ1v) is 6.74. The van der Waals surface area contributed by atoms with E-state index in [4.69, 9.17) is 4.74 Å². The maximum absolute atomic E-state index is 5.77. The highest BCUT2D eigenvalue weighted by Crippen LogP contribution is 2.09. The molecule has 0 radical (unpaired) electrons. The lowest BCUT2D eigenvalue weighted by atomic mass is 10.2. The molecule has 7 nitrogen and oxygen atoms in total. The lowest BCUT2D eigenvalue weighted by Gasteiger charge is -2.32. The number of nitrogens with one attached hydrogen (secondary N) is 2. The summed E-state index contributed by atoms with van der Waals surface area (Å²) in [7, 11) is 0. The zero-order valence-electron chi connectivity index (χ0n) is 11.2. The van der Waals surface area contributed by atoms with Crippen molar-refractivity contribution in [2.75, 3.05) is 31.6 Å². The molecule has 0 aliphatic carbocycles. The van der Waals surface area contributed by atoms with Crippen molar-refractivity contribution in [2.45, 2.75) is 12.6 Å². The van der Waals surface area contributed by atoms with E-state index >= 15 is 0 Å². The third-order valence-electron chi connectivity index (χ3n) is 3.23. The van der Waals surface area contributed by atoms with Gasteiger partial charge in [-0.15, -0.1) is 5.10 Å². The normalized spacial score (nSPS) is 19.9. The highest BCUT2D eigenvalue weighted by Gasteiger charge is 2.20. The van der Waals surface area contributed by atoms with E-state index in [1.54, 1.807) is 12.4 Å². The number of hydrogen-bond donors (Lipinski definition) is 2. The second kappa shape index (κ2) is 6.44. The number of morpholine rings is 1. The first-order valence-electron chi connectivity index (χ1n) is 6.74. The number of H-pyrrole nitrogens is 1. The van der Waals surface area contributed by atoms with Gasteiger partial charge in [0, 0.05) is 38.2 Å². The average molecular weight is 274 g/mol. The largest absolute Gasteiger partial charge is 0.374 e. The maximum atomic E-state index is 5.77. The van der Waals surface area contributed by atoms with E-state index in [0.29, 0.717) is 0 Å². The summed E-state index contributed by atoms with van der Waals surface area (Å²) in [5.41, 5.74) is 0. The Labute approximate surface area is 117 Å². The van der Waals surface area contributed by atoms with E-state index in [2.05, 4.69) is 30.4 Å². The van der Waals surface area contributed by atoms with Gasteiger partial charge >= 0.3 is 0 Å². The Kier molecular flexibility index (Phi) is 4.19. The van der Waals surface area contributed by atoms with Crippen molar-refractivity contribution in [3.63, 3.8) is 0 Å². The minimum atomic E-state index is 0.153. The van der Waals surface area contributed by atoms with Crippen molar-refractivity contribution >= 4 is 5.82 Å². The summed E-state index contributed by atoms with van der Waals surface area (Å²) < 4.78 is 5.77. The SMILES string of the molecule is c1cnnc(NCC2CN(Cc3ncc[nH]3)CCO2)c1. The van der Waals surface area contributed by atoms with E-state index < -0.39 is 0 Å². The predicted molar refractivity (Wildman–Crippen MR) is 74.1 cm³/mol. The van der Waals surface area contributed by atoms with Crippen LogP contribution in [0.5, 0.6) is 0 Å². The van der Waals surface area contributed by atoms with E-state index in [9.17, 15) is 0 Å². The molecular formula is C13H18N6O. The molecule has 1 saturated heterocycles. The molecule has 1 aliphatic heterocycles. The van der Waals surface area contributed by atoms with Crippen molar-refractivity contribution in [3.05, 3.63) is 36.5 Å². The number of hydrogen-bond acceptors (Lipinski definition) is 6. The highest BCUT2D eigenvalue weighted by molar-refractivity contribution is 5.31. The predicted octanol–water partition coefficient (Wildman–Crippen LogP) is 0.513. The quantitative estimate of drug-likeness (QED) is 0.827. The fourth-order valence-electron chi connectivity index (χ4n) is 2.26. The van der Waals surface area contributed by atoms with Gasteiger partial charge in [-0.1, -0.05) is 0 Å². The number of imidazole rings is 1. The number of rotatable bonds is 5. The monoisotopic (exact) mass is 274 g/mol. The van der Waals surface area contributed by atoms with E-state index in [-0.39, 0.29) is 6.10 Å². The number of aromatic amines is 1. The van der Waals surface area contributed by atoms with E-state index in [1.807, 2.05) is 18.3 Å². The third-order valence-corrected chi connectivity index (χ3v) is 3.23. The lowest BCUT2D eigenvalue weighted by Crippen LogP contribution is -2.45. The molecule has 1 aliphatic rings. The Balaban J connectivity index is 1.48. The number of nitrogens with zero attached hydrogens (tertiary/aromatic N) is 4. The van der Waals surface area contributed by atoms with Crippen LogP contribution in [-0.2, 0) is 11.3 Å². The minimum absolute atomic E-state index is 0.153. The topological polar surface area (TPSA) is 79.0 Å². The van der Waals surface area contributed by atoms with Gasteiger partial charge in [0.05, 0.1) is 19.3 Å². The first-order chi connectivity index (χ1) is 9.90.